The lowest BCUT2D eigenvalue weighted by Gasteiger charge is -2.17. The molecule has 0 saturated carbocycles. The molecule has 1 amide bonds. The van der Waals surface area contributed by atoms with Crippen molar-refractivity contribution in [2.24, 2.45) is 5.73 Å². The monoisotopic (exact) mass is 334 g/mol. The molecule has 0 fully saturated rings. The molecule has 0 spiro atoms. The number of carbonyl (C=O) groups is 2. The van der Waals surface area contributed by atoms with Crippen LogP contribution in [-0.4, -0.2) is 43.1 Å². The van der Waals surface area contributed by atoms with Crippen LogP contribution in [0, 0.1) is 0 Å². The van der Waals surface area contributed by atoms with Crippen molar-refractivity contribution in [2.45, 2.75) is 44.6 Å². The number of pyridine rings is 1. The van der Waals surface area contributed by atoms with Gasteiger partial charge in [0.05, 0.1) is 7.11 Å². The van der Waals surface area contributed by atoms with E-state index >= 15 is 0 Å². The Bertz CT molecular complexity index is 577. The van der Waals surface area contributed by atoms with E-state index in [9.17, 15) is 9.59 Å². The van der Waals surface area contributed by atoms with Gasteiger partial charge in [-0.2, -0.15) is 0 Å². The molecular weight excluding hydrogens is 308 g/mol. The minimum atomic E-state index is -0.814. The molecule has 4 N–H and O–H groups in total. The third-order valence-electron chi connectivity index (χ3n) is 4.06. The highest BCUT2D eigenvalue weighted by atomic mass is 16.5. The number of nitrogens with two attached hydrogens (primary N) is 1. The average Bonchev–Trinajstić information content (AvgIpc) is 2.62. The number of rotatable bonds is 8. The van der Waals surface area contributed by atoms with Crippen LogP contribution >= 0.6 is 0 Å². The van der Waals surface area contributed by atoms with Crippen molar-refractivity contribution in [1.29, 1.82) is 0 Å². The molecular formula is C17H26N4O3. The molecule has 2 heterocycles. The summed E-state index contributed by atoms with van der Waals surface area (Å²) in [6.07, 6.45) is 5.17. The molecule has 24 heavy (non-hydrogen) atoms. The SMILES string of the molecule is COC(=O)[C@@H](N)CNC(=O)CCCCc1ccc2c(n1)NCCC2. The number of unbranched alkanes of at least 4 members (excludes halogenated alkanes) is 1. The fourth-order valence-corrected chi connectivity index (χ4v) is 2.65. The molecule has 0 bridgehead atoms. The van der Waals surface area contributed by atoms with Crippen molar-refractivity contribution in [3.63, 3.8) is 0 Å². The van der Waals surface area contributed by atoms with Gasteiger partial charge in [-0.25, -0.2) is 4.98 Å². The van der Waals surface area contributed by atoms with Crippen molar-refractivity contribution < 1.29 is 14.3 Å². The number of nitrogens with zero attached hydrogens (tertiary/aromatic N) is 1. The number of hydrogen-bond acceptors (Lipinski definition) is 6. The summed E-state index contributed by atoms with van der Waals surface area (Å²) in [6, 6.07) is 3.40. The topological polar surface area (TPSA) is 106 Å². The summed E-state index contributed by atoms with van der Waals surface area (Å²) in [6.45, 7) is 1.08. The Hall–Kier alpha value is -2.15. The Morgan fingerprint density at radius 2 is 2.25 bits per heavy atom. The molecule has 7 nitrogen and oxygen atoms in total. The van der Waals surface area contributed by atoms with Crippen LogP contribution in [0.25, 0.3) is 0 Å². The quantitative estimate of drug-likeness (QED) is 0.479. The number of aromatic nitrogens is 1. The van der Waals surface area contributed by atoms with Crippen LogP contribution < -0.4 is 16.4 Å². The molecule has 2 rings (SSSR count). The number of amides is 1. The van der Waals surface area contributed by atoms with Crippen LogP contribution in [0.3, 0.4) is 0 Å². The van der Waals surface area contributed by atoms with Gasteiger partial charge < -0.3 is 21.1 Å². The normalized spacial score (nSPS) is 14.2. The number of aryl methyl sites for hydroxylation is 2. The summed E-state index contributed by atoms with van der Waals surface area (Å²) >= 11 is 0. The maximum absolute atomic E-state index is 11.7. The smallest absolute Gasteiger partial charge is 0.324 e. The first-order chi connectivity index (χ1) is 11.6. The lowest BCUT2D eigenvalue weighted by atomic mass is 10.1. The molecule has 0 aromatic carbocycles. The maximum atomic E-state index is 11.7. The van der Waals surface area contributed by atoms with E-state index in [4.69, 9.17) is 5.73 Å². The van der Waals surface area contributed by atoms with Gasteiger partial charge in [-0.15, -0.1) is 0 Å². The van der Waals surface area contributed by atoms with Crippen molar-refractivity contribution >= 4 is 17.7 Å². The fourth-order valence-electron chi connectivity index (χ4n) is 2.65. The van der Waals surface area contributed by atoms with Gasteiger partial charge in [0.1, 0.15) is 11.9 Å². The average molecular weight is 334 g/mol. The van der Waals surface area contributed by atoms with Gasteiger partial charge in [-0.3, -0.25) is 9.59 Å². The molecule has 0 aliphatic carbocycles. The van der Waals surface area contributed by atoms with Gasteiger partial charge in [-0.1, -0.05) is 6.07 Å². The van der Waals surface area contributed by atoms with E-state index in [1.54, 1.807) is 0 Å². The van der Waals surface area contributed by atoms with E-state index in [2.05, 4.69) is 32.5 Å². The molecule has 1 aliphatic heterocycles. The lowest BCUT2D eigenvalue weighted by Crippen LogP contribution is -2.43. The third kappa shape index (κ3) is 5.49. The zero-order chi connectivity index (χ0) is 17.4. The van der Waals surface area contributed by atoms with Crippen LogP contribution in [0.15, 0.2) is 12.1 Å². The molecule has 0 saturated heterocycles. The number of methoxy groups -OCH3 is 1. The maximum Gasteiger partial charge on any atom is 0.324 e. The second-order valence-electron chi connectivity index (χ2n) is 5.98. The van der Waals surface area contributed by atoms with Crippen LogP contribution in [0.5, 0.6) is 0 Å². The molecule has 7 heteroatoms. The minimum Gasteiger partial charge on any atom is -0.468 e. The first kappa shape index (κ1) is 18.2. The predicted octanol–water partition coefficient (Wildman–Crippen LogP) is 0.769. The van der Waals surface area contributed by atoms with Gasteiger partial charge in [0.15, 0.2) is 0 Å². The van der Waals surface area contributed by atoms with E-state index in [0.717, 1.165) is 50.2 Å². The Labute approximate surface area is 142 Å². The Kier molecular flexibility index (Phi) is 6.99. The zero-order valence-corrected chi connectivity index (χ0v) is 14.1. The first-order valence-corrected chi connectivity index (χ1v) is 8.43. The number of esters is 1. The Morgan fingerprint density at radius 3 is 3.04 bits per heavy atom. The number of nitrogens with one attached hydrogen (secondary N) is 2. The van der Waals surface area contributed by atoms with Crippen molar-refractivity contribution in [2.75, 3.05) is 25.5 Å². The van der Waals surface area contributed by atoms with Gasteiger partial charge in [-0.05, 0) is 43.7 Å². The summed E-state index contributed by atoms with van der Waals surface area (Å²) in [7, 11) is 1.27. The third-order valence-corrected chi connectivity index (χ3v) is 4.06. The molecule has 1 aliphatic rings. The van der Waals surface area contributed by atoms with E-state index < -0.39 is 12.0 Å². The summed E-state index contributed by atoms with van der Waals surface area (Å²) in [5.74, 6) is 0.380. The second kappa shape index (κ2) is 9.22. The fraction of sp³-hybridized carbons (Fsp3) is 0.588. The summed E-state index contributed by atoms with van der Waals surface area (Å²) < 4.78 is 4.50. The molecule has 132 valence electrons. The number of carbonyl (C=O) groups excluding carboxylic acids is 2. The van der Waals surface area contributed by atoms with Gasteiger partial charge in [0.2, 0.25) is 5.91 Å². The van der Waals surface area contributed by atoms with Crippen molar-refractivity contribution in [3.05, 3.63) is 23.4 Å². The number of fused-ring (bicyclic) bond motifs is 1. The van der Waals surface area contributed by atoms with Gasteiger partial charge in [0.25, 0.3) is 0 Å². The van der Waals surface area contributed by atoms with E-state index in [1.165, 1.54) is 12.7 Å². The van der Waals surface area contributed by atoms with Crippen molar-refractivity contribution in [3.8, 4) is 0 Å². The van der Waals surface area contributed by atoms with Gasteiger partial charge >= 0.3 is 5.97 Å². The lowest BCUT2D eigenvalue weighted by molar-refractivity contribution is -0.142. The summed E-state index contributed by atoms with van der Waals surface area (Å²) in [4.78, 5) is 27.5. The highest BCUT2D eigenvalue weighted by Crippen LogP contribution is 2.20. The van der Waals surface area contributed by atoms with Crippen LogP contribution in [0.4, 0.5) is 5.82 Å². The number of ether oxygens (including phenoxy) is 1. The molecule has 0 radical (unpaired) electrons. The highest BCUT2D eigenvalue weighted by Gasteiger charge is 2.14. The summed E-state index contributed by atoms with van der Waals surface area (Å²) in [5, 5.41) is 5.97. The van der Waals surface area contributed by atoms with Crippen LogP contribution in [0.2, 0.25) is 0 Å². The van der Waals surface area contributed by atoms with E-state index in [1.807, 2.05) is 0 Å². The molecule has 1 atom stereocenters. The molecule has 0 unspecified atom stereocenters. The minimum absolute atomic E-state index is 0.101. The van der Waals surface area contributed by atoms with E-state index in [-0.39, 0.29) is 12.5 Å². The largest absolute Gasteiger partial charge is 0.468 e. The van der Waals surface area contributed by atoms with Crippen molar-refractivity contribution in [1.82, 2.24) is 10.3 Å². The van der Waals surface area contributed by atoms with Crippen LogP contribution in [0.1, 0.15) is 36.9 Å². The Morgan fingerprint density at radius 1 is 1.42 bits per heavy atom. The molecule has 1 aromatic rings. The zero-order valence-electron chi connectivity index (χ0n) is 14.1. The van der Waals surface area contributed by atoms with E-state index in [0.29, 0.717) is 6.42 Å². The highest BCUT2D eigenvalue weighted by molar-refractivity contribution is 5.79. The Balaban J connectivity index is 1.64. The standard InChI is InChI=1S/C17H26N4O3/c1-24-17(23)14(18)11-20-15(22)7-3-2-6-13-9-8-12-5-4-10-19-16(12)21-13/h8-9,14H,2-7,10-11,18H2,1H3,(H,19,21)(H,20,22)/t14-/m0/s1. The predicted molar refractivity (Wildman–Crippen MR) is 91.6 cm³/mol. The van der Waals surface area contributed by atoms with Gasteiger partial charge in [0, 0.05) is 25.2 Å². The summed E-state index contributed by atoms with van der Waals surface area (Å²) in [5.41, 5.74) is 7.89. The second-order valence-corrected chi connectivity index (χ2v) is 5.98. The number of anilines is 1. The molecule has 1 aromatic heterocycles. The first-order valence-electron chi connectivity index (χ1n) is 8.43. The van der Waals surface area contributed by atoms with Crippen LogP contribution in [-0.2, 0) is 27.2 Å². The number of hydrogen-bond donors (Lipinski definition) is 3.